The van der Waals surface area contributed by atoms with Gasteiger partial charge in [0.15, 0.2) is 0 Å². The topological polar surface area (TPSA) is 46.5 Å². The van der Waals surface area contributed by atoms with E-state index in [1.807, 2.05) is 6.92 Å². The summed E-state index contributed by atoms with van der Waals surface area (Å²) in [6.45, 7) is 8.07. The van der Waals surface area contributed by atoms with Crippen molar-refractivity contribution in [3.8, 4) is 0 Å². The summed E-state index contributed by atoms with van der Waals surface area (Å²) in [6, 6.07) is 0. The number of ether oxygens (including phenoxy) is 1. The van der Waals surface area contributed by atoms with Gasteiger partial charge in [-0.15, -0.1) is 0 Å². The Balaban J connectivity index is 1.93. The first kappa shape index (κ1) is 12.2. The molecular weight excluding hydrogens is 228 g/mol. The molecule has 0 unspecified atom stereocenters. The van der Waals surface area contributed by atoms with Crippen LogP contribution in [0, 0.1) is 17.3 Å². The average molecular weight is 250 g/mol. The van der Waals surface area contributed by atoms with Crippen molar-refractivity contribution in [2.24, 2.45) is 17.3 Å². The first-order valence-electron chi connectivity index (χ1n) is 6.96. The van der Waals surface area contributed by atoms with Crippen LogP contribution in [0.25, 0.3) is 0 Å². The third-order valence-corrected chi connectivity index (χ3v) is 5.60. The number of carbonyl (C=O) groups excluding carboxylic acids is 1. The van der Waals surface area contributed by atoms with Crippen molar-refractivity contribution in [1.29, 1.82) is 0 Å². The number of carbonyl (C=O) groups is 1. The molecule has 0 radical (unpaired) electrons. The Labute approximate surface area is 108 Å². The molecule has 2 aliphatic carbocycles. The first-order valence-corrected chi connectivity index (χ1v) is 6.96. The molecule has 100 valence electrons. The molecule has 2 saturated carbocycles. The lowest BCUT2D eigenvalue weighted by Gasteiger charge is -2.54. The smallest absolute Gasteiger partial charge is 0.334 e. The lowest BCUT2D eigenvalue weighted by Crippen LogP contribution is -2.53. The molecule has 0 aromatic carbocycles. The van der Waals surface area contributed by atoms with Gasteiger partial charge in [0.2, 0.25) is 0 Å². The molecule has 1 aliphatic heterocycles. The van der Waals surface area contributed by atoms with Crippen LogP contribution in [-0.4, -0.2) is 22.8 Å². The van der Waals surface area contributed by atoms with Crippen LogP contribution in [0.2, 0.25) is 0 Å². The molecular formula is C15H22O3. The van der Waals surface area contributed by atoms with Crippen molar-refractivity contribution >= 4 is 5.97 Å². The van der Waals surface area contributed by atoms with E-state index in [1.165, 1.54) is 0 Å². The highest BCUT2D eigenvalue weighted by Gasteiger charge is 2.57. The Morgan fingerprint density at radius 2 is 2.11 bits per heavy atom. The van der Waals surface area contributed by atoms with Gasteiger partial charge >= 0.3 is 5.97 Å². The Morgan fingerprint density at radius 3 is 2.83 bits per heavy atom. The molecule has 0 spiro atoms. The van der Waals surface area contributed by atoms with Crippen molar-refractivity contribution in [3.63, 3.8) is 0 Å². The Morgan fingerprint density at radius 1 is 1.39 bits per heavy atom. The van der Waals surface area contributed by atoms with E-state index in [0.29, 0.717) is 5.57 Å². The second-order valence-electron chi connectivity index (χ2n) is 6.93. The highest BCUT2D eigenvalue weighted by Crippen LogP contribution is 2.58. The van der Waals surface area contributed by atoms with E-state index in [-0.39, 0.29) is 29.3 Å². The summed E-state index contributed by atoms with van der Waals surface area (Å²) in [5.74, 6) is 0.151. The fraction of sp³-hybridized carbons (Fsp3) is 0.800. The predicted octanol–water partition coefficient (Wildman–Crippen LogP) is 2.44. The standard InChI is InChI=1S/C15H22O3/c1-9-10-7-12-14(2,5-4-6-15(12,3)17)8-11(10)18-13(9)16/h10-12,17H,1,4-8H2,2-3H3/t10-,11-,12+,14-,15+/m1/s1. The van der Waals surface area contributed by atoms with Gasteiger partial charge in [-0.3, -0.25) is 0 Å². The predicted molar refractivity (Wildman–Crippen MR) is 67.8 cm³/mol. The zero-order valence-corrected chi connectivity index (χ0v) is 11.2. The van der Waals surface area contributed by atoms with Crippen LogP contribution in [0.5, 0.6) is 0 Å². The van der Waals surface area contributed by atoms with Crippen LogP contribution in [0.4, 0.5) is 0 Å². The molecule has 3 heteroatoms. The SMILES string of the molecule is C=C1C(=O)O[C@@H]2C[C@@]3(C)CCC[C@](C)(O)[C@H]3C[C@H]12. The van der Waals surface area contributed by atoms with Crippen LogP contribution in [0.15, 0.2) is 12.2 Å². The largest absolute Gasteiger partial charge is 0.458 e. The molecule has 1 heterocycles. The van der Waals surface area contributed by atoms with Gasteiger partial charge in [-0.2, -0.15) is 0 Å². The highest BCUT2D eigenvalue weighted by molar-refractivity contribution is 5.90. The lowest BCUT2D eigenvalue weighted by molar-refractivity contribution is -0.155. The second kappa shape index (κ2) is 3.60. The quantitative estimate of drug-likeness (QED) is 0.530. The van der Waals surface area contributed by atoms with E-state index in [2.05, 4.69) is 13.5 Å². The minimum absolute atomic E-state index is 0.000139. The fourth-order valence-electron chi connectivity index (χ4n) is 4.59. The van der Waals surface area contributed by atoms with Gasteiger partial charge in [-0.25, -0.2) is 4.79 Å². The van der Waals surface area contributed by atoms with Crippen molar-refractivity contribution in [2.75, 3.05) is 0 Å². The third-order valence-electron chi connectivity index (χ3n) is 5.60. The number of aliphatic hydroxyl groups is 1. The molecule has 3 rings (SSSR count). The number of fused-ring (bicyclic) bond motifs is 2. The van der Waals surface area contributed by atoms with Gasteiger partial charge in [0.25, 0.3) is 0 Å². The second-order valence-corrected chi connectivity index (χ2v) is 6.93. The van der Waals surface area contributed by atoms with E-state index in [9.17, 15) is 9.90 Å². The first-order chi connectivity index (χ1) is 8.33. The number of hydrogen-bond acceptors (Lipinski definition) is 3. The summed E-state index contributed by atoms with van der Waals surface area (Å²) < 4.78 is 5.44. The van der Waals surface area contributed by atoms with Crippen LogP contribution in [0.1, 0.15) is 46.0 Å². The van der Waals surface area contributed by atoms with Crippen LogP contribution < -0.4 is 0 Å². The van der Waals surface area contributed by atoms with Crippen LogP contribution in [0.3, 0.4) is 0 Å². The molecule has 3 fully saturated rings. The number of rotatable bonds is 0. The van der Waals surface area contributed by atoms with E-state index < -0.39 is 5.60 Å². The molecule has 0 aromatic rings. The molecule has 0 bridgehead atoms. The zero-order chi connectivity index (χ0) is 13.1. The van der Waals surface area contributed by atoms with Crippen molar-refractivity contribution in [1.82, 2.24) is 0 Å². The summed E-state index contributed by atoms with van der Waals surface area (Å²) >= 11 is 0. The lowest BCUT2D eigenvalue weighted by atomic mass is 9.52. The molecule has 18 heavy (non-hydrogen) atoms. The highest BCUT2D eigenvalue weighted by atomic mass is 16.6. The van der Waals surface area contributed by atoms with E-state index in [4.69, 9.17) is 4.74 Å². The fourth-order valence-corrected chi connectivity index (χ4v) is 4.59. The van der Waals surface area contributed by atoms with Crippen LogP contribution in [-0.2, 0) is 9.53 Å². The molecule has 5 atom stereocenters. The van der Waals surface area contributed by atoms with Gasteiger partial charge in [0.05, 0.1) is 5.60 Å². The van der Waals surface area contributed by atoms with E-state index in [1.54, 1.807) is 0 Å². The molecule has 3 nitrogen and oxygen atoms in total. The van der Waals surface area contributed by atoms with Crippen LogP contribution >= 0.6 is 0 Å². The minimum atomic E-state index is -0.607. The Kier molecular flexibility index (Phi) is 2.44. The van der Waals surface area contributed by atoms with Gasteiger partial charge in [0, 0.05) is 11.5 Å². The molecule has 3 aliphatic rings. The maximum atomic E-state index is 11.6. The molecule has 0 amide bonds. The monoisotopic (exact) mass is 250 g/mol. The summed E-state index contributed by atoms with van der Waals surface area (Å²) in [4.78, 5) is 11.6. The summed E-state index contributed by atoms with van der Waals surface area (Å²) in [7, 11) is 0. The van der Waals surface area contributed by atoms with Crippen molar-refractivity contribution < 1.29 is 14.6 Å². The van der Waals surface area contributed by atoms with Gasteiger partial charge < -0.3 is 9.84 Å². The average Bonchev–Trinajstić information content (AvgIpc) is 2.51. The minimum Gasteiger partial charge on any atom is -0.458 e. The Bertz CT molecular complexity index is 412. The van der Waals surface area contributed by atoms with Gasteiger partial charge in [-0.1, -0.05) is 19.9 Å². The number of esters is 1. The van der Waals surface area contributed by atoms with Gasteiger partial charge in [-0.05, 0) is 43.9 Å². The summed E-state index contributed by atoms with van der Waals surface area (Å²) in [6.07, 6.45) is 4.78. The normalized spacial score (nSPS) is 51.6. The van der Waals surface area contributed by atoms with E-state index in [0.717, 1.165) is 32.1 Å². The number of hydrogen-bond donors (Lipinski definition) is 1. The molecule has 0 aromatic heterocycles. The zero-order valence-electron chi connectivity index (χ0n) is 11.2. The van der Waals surface area contributed by atoms with Crippen molar-refractivity contribution in [3.05, 3.63) is 12.2 Å². The van der Waals surface area contributed by atoms with E-state index >= 15 is 0 Å². The summed E-state index contributed by atoms with van der Waals surface area (Å²) in [5.41, 5.74) is 0.112. The third kappa shape index (κ3) is 1.56. The molecule has 1 N–H and O–H groups in total. The molecule has 1 saturated heterocycles. The Hall–Kier alpha value is -0.830. The van der Waals surface area contributed by atoms with Gasteiger partial charge in [0.1, 0.15) is 6.10 Å². The maximum absolute atomic E-state index is 11.6. The summed E-state index contributed by atoms with van der Waals surface area (Å²) in [5, 5.41) is 10.7. The maximum Gasteiger partial charge on any atom is 0.334 e. The van der Waals surface area contributed by atoms with Crippen molar-refractivity contribution in [2.45, 2.75) is 57.7 Å².